The molecule has 0 aliphatic carbocycles. The van der Waals surface area contributed by atoms with Gasteiger partial charge in [-0.2, -0.15) is 0 Å². The van der Waals surface area contributed by atoms with Gasteiger partial charge in [0.05, 0.1) is 0 Å². The molecule has 78 valence electrons. The third-order valence-corrected chi connectivity index (χ3v) is 4.82. The van der Waals surface area contributed by atoms with Crippen LogP contribution in [0.2, 0.25) is 0 Å². The Morgan fingerprint density at radius 1 is 1.21 bits per heavy atom. The van der Waals surface area contributed by atoms with Gasteiger partial charge in [0.15, 0.2) is 0 Å². The summed E-state index contributed by atoms with van der Waals surface area (Å²) in [6.07, 6.45) is 0. The predicted octanol–water partition coefficient (Wildman–Crippen LogP) is 2.14. The quantitative estimate of drug-likeness (QED) is 0.658. The molecule has 0 saturated heterocycles. The van der Waals surface area contributed by atoms with Gasteiger partial charge in [-0.15, -0.1) is 0 Å². The Bertz CT molecular complexity index is 266. The molecule has 0 fully saturated rings. The second-order valence-electron chi connectivity index (χ2n) is 5.82. The summed E-state index contributed by atoms with van der Waals surface area (Å²) in [4.78, 5) is 7.26. The number of nitrogens with zero attached hydrogens (tertiary/aromatic N) is 2. The molecule has 3 heteroatoms. The third-order valence-electron chi connectivity index (χ3n) is 2.09. The molecule has 0 bridgehead atoms. The Kier molecular flexibility index (Phi) is 3.69. The van der Waals surface area contributed by atoms with Crippen molar-refractivity contribution >= 4 is 8.64 Å². The van der Waals surface area contributed by atoms with E-state index < -0.39 is 28.7 Å². The molecule has 0 aromatic rings. The van der Waals surface area contributed by atoms with Crippen LogP contribution in [0.25, 0.3) is 0 Å². The molecule has 0 atom stereocenters. The fraction of sp³-hybridized carbons (Fsp3) is 0.818. The summed E-state index contributed by atoms with van der Waals surface area (Å²) in [6.45, 7) is 13.3. The van der Waals surface area contributed by atoms with Crippen molar-refractivity contribution in [1.82, 2.24) is 4.90 Å². The van der Waals surface area contributed by atoms with Crippen molar-refractivity contribution in [3.8, 4) is 0 Å². The zero-order valence-corrected chi connectivity index (χ0v) is 13.1. The van der Waals surface area contributed by atoms with E-state index >= 15 is 0 Å². The zero-order chi connectivity index (χ0) is 11.0. The number of hydrogen-bond donors (Lipinski definition) is 0. The summed E-state index contributed by atoms with van der Waals surface area (Å²) in [5.41, 5.74) is 0.297. The Balaban J connectivity index is 2.89. The van der Waals surface area contributed by atoms with Gasteiger partial charge >= 0.3 is 103 Å². The third kappa shape index (κ3) is 3.54. The Hall–Kier alpha value is 0.444. The van der Waals surface area contributed by atoms with E-state index in [1.165, 1.54) is 9.19 Å². The molecule has 0 amide bonds. The van der Waals surface area contributed by atoms with Crippen LogP contribution in [-0.4, -0.2) is 28.0 Å². The molecule has 0 aromatic carbocycles. The first-order valence-corrected chi connectivity index (χ1v) is 8.89. The van der Waals surface area contributed by atoms with E-state index in [4.69, 9.17) is 4.99 Å². The number of amidine groups is 1. The predicted molar refractivity (Wildman–Crippen MR) is 59.7 cm³/mol. The van der Waals surface area contributed by atoms with Gasteiger partial charge in [-0.3, -0.25) is 0 Å². The van der Waals surface area contributed by atoms with Crippen molar-refractivity contribution in [3.63, 3.8) is 0 Å². The summed E-state index contributed by atoms with van der Waals surface area (Å²) in [5.74, 6) is 1.26. The van der Waals surface area contributed by atoms with Gasteiger partial charge in [-0.05, 0) is 0 Å². The van der Waals surface area contributed by atoms with Gasteiger partial charge in [0, 0.05) is 0 Å². The molecule has 1 heterocycles. The maximum absolute atomic E-state index is 4.79. The van der Waals surface area contributed by atoms with Crippen LogP contribution in [0.15, 0.2) is 4.99 Å². The van der Waals surface area contributed by atoms with Crippen LogP contribution < -0.4 is 0 Å². The molecule has 1 aliphatic rings. The molecule has 0 aromatic heterocycles. The van der Waals surface area contributed by atoms with Crippen LogP contribution in [0, 0.1) is 0 Å². The van der Waals surface area contributed by atoms with Gasteiger partial charge in [-0.1, -0.05) is 0 Å². The standard InChI is InChI=1S/C11H21N2.Y/c1-9(12-10(2,3)4)13(8)11(5,6)7;/h1H,8H2,2-7H3;/b12-9-;. The molecule has 0 radical (unpaired) electrons. The summed E-state index contributed by atoms with van der Waals surface area (Å²) in [7, 11) is 0. The first kappa shape index (κ1) is 12.5. The van der Waals surface area contributed by atoms with E-state index in [9.17, 15) is 0 Å². The summed E-state index contributed by atoms with van der Waals surface area (Å²) >= 11 is -0.458. The van der Waals surface area contributed by atoms with E-state index in [2.05, 4.69) is 49.2 Å². The van der Waals surface area contributed by atoms with Crippen molar-refractivity contribution in [1.29, 1.82) is 0 Å². The van der Waals surface area contributed by atoms with Gasteiger partial charge in [-0.25, -0.2) is 0 Å². The maximum atomic E-state index is 4.79. The first-order valence-electron chi connectivity index (χ1n) is 5.24. The molecule has 14 heavy (non-hydrogen) atoms. The van der Waals surface area contributed by atoms with Crippen molar-refractivity contribution in [3.05, 3.63) is 0 Å². The van der Waals surface area contributed by atoms with E-state index in [0.29, 0.717) is 0 Å². The SMILES string of the molecule is CC(C)(C)/N=C1/[CH]=[Y][CH2]N1C(C)(C)C. The van der Waals surface area contributed by atoms with Gasteiger partial charge in [0.2, 0.25) is 0 Å². The molecular formula is C11H21N2Y. The Morgan fingerprint density at radius 2 is 1.79 bits per heavy atom. The molecule has 1 aliphatic heterocycles. The van der Waals surface area contributed by atoms with E-state index in [0.717, 1.165) is 0 Å². The molecule has 0 spiro atoms. The van der Waals surface area contributed by atoms with Crippen LogP contribution in [0.4, 0.5) is 0 Å². The summed E-state index contributed by atoms with van der Waals surface area (Å²) in [6, 6.07) is 0. The zero-order valence-electron chi connectivity index (χ0n) is 10.3. The molecule has 2 nitrogen and oxygen atoms in total. The Labute approximate surface area is 103 Å². The van der Waals surface area contributed by atoms with Gasteiger partial charge in [0.25, 0.3) is 0 Å². The van der Waals surface area contributed by atoms with Gasteiger partial charge in [0.1, 0.15) is 0 Å². The topological polar surface area (TPSA) is 15.6 Å². The van der Waals surface area contributed by atoms with Crippen molar-refractivity contribution in [2.45, 2.75) is 52.6 Å². The van der Waals surface area contributed by atoms with Crippen molar-refractivity contribution < 1.29 is 28.7 Å². The van der Waals surface area contributed by atoms with Crippen molar-refractivity contribution in [2.24, 2.45) is 4.99 Å². The summed E-state index contributed by atoms with van der Waals surface area (Å²) < 4.78 is 3.74. The van der Waals surface area contributed by atoms with E-state index in [-0.39, 0.29) is 11.1 Å². The van der Waals surface area contributed by atoms with Crippen LogP contribution in [-0.2, 0) is 28.7 Å². The summed E-state index contributed by atoms with van der Waals surface area (Å²) in [5, 5.41) is 0. The number of aliphatic imine (C=N–C) groups is 1. The van der Waals surface area contributed by atoms with Crippen LogP contribution in [0.5, 0.6) is 0 Å². The van der Waals surface area contributed by atoms with Crippen molar-refractivity contribution in [2.75, 3.05) is 3.36 Å². The number of rotatable bonds is 0. The van der Waals surface area contributed by atoms with Gasteiger partial charge < -0.3 is 0 Å². The number of hydrogen-bond acceptors (Lipinski definition) is 1. The van der Waals surface area contributed by atoms with E-state index in [1.807, 2.05) is 0 Å². The molecule has 0 N–H and O–H groups in total. The second kappa shape index (κ2) is 4.13. The minimum atomic E-state index is -0.458. The molecule has 0 unspecified atom stereocenters. The fourth-order valence-electron chi connectivity index (χ4n) is 1.51. The van der Waals surface area contributed by atoms with Crippen LogP contribution in [0.1, 0.15) is 41.5 Å². The average molecular weight is 270 g/mol. The second-order valence-corrected chi connectivity index (χ2v) is 8.70. The molecule has 0 saturated carbocycles. The first-order chi connectivity index (χ1) is 6.20. The molecule has 1 rings (SSSR count). The normalized spacial score (nSPS) is 20.4. The minimum absolute atomic E-state index is 0.0579. The monoisotopic (exact) mass is 270 g/mol. The molecular weight excluding hydrogens is 249 g/mol. The fourth-order valence-corrected chi connectivity index (χ4v) is 5.23. The van der Waals surface area contributed by atoms with E-state index in [1.54, 1.807) is 0 Å². The average Bonchev–Trinajstić information content (AvgIpc) is 2.29. The van der Waals surface area contributed by atoms with Crippen LogP contribution in [0.3, 0.4) is 0 Å². The Morgan fingerprint density at radius 3 is 2.21 bits per heavy atom. The van der Waals surface area contributed by atoms with Crippen LogP contribution >= 0.6 is 0 Å².